The Hall–Kier alpha value is -2.26. The highest BCUT2D eigenvalue weighted by atomic mass is 35.5. The molecule has 4 rings (SSSR count). The molecule has 1 aliphatic rings. The van der Waals surface area contributed by atoms with Crippen molar-refractivity contribution in [1.82, 2.24) is 4.90 Å². The summed E-state index contributed by atoms with van der Waals surface area (Å²) in [7, 11) is -4.50. The van der Waals surface area contributed by atoms with Crippen LogP contribution >= 0.6 is 23.2 Å². The molecular formula is C24H21Cl2F3N2O2S. The molecule has 180 valence electrons. The van der Waals surface area contributed by atoms with Crippen LogP contribution in [-0.4, -0.2) is 37.8 Å². The van der Waals surface area contributed by atoms with Gasteiger partial charge in [0.15, 0.2) is 0 Å². The first-order valence-corrected chi connectivity index (χ1v) is 12.7. The largest absolute Gasteiger partial charge is 0.401 e. The number of anilines is 1. The van der Waals surface area contributed by atoms with Gasteiger partial charge in [-0.05, 0) is 41.5 Å². The minimum Gasteiger partial charge on any atom is -0.296 e. The molecule has 1 fully saturated rings. The summed E-state index contributed by atoms with van der Waals surface area (Å²) in [5, 5.41) is -1.85. The van der Waals surface area contributed by atoms with Crippen molar-refractivity contribution < 1.29 is 21.6 Å². The van der Waals surface area contributed by atoms with E-state index in [-0.39, 0.29) is 34.4 Å². The lowest BCUT2D eigenvalue weighted by Crippen LogP contribution is -2.55. The molecule has 0 spiro atoms. The van der Waals surface area contributed by atoms with Crippen molar-refractivity contribution in [1.29, 1.82) is 0 Å². The third-order valence-corrected chi connectivity index (χ3v) is 8.24. The molecule has 0 amide bonds. The van der Waals surface area contributed by atoms with Crippen LogP contribution in [0.3, 0.4) is 0 Å². The minimum absolute atomic E-state index is 0.000184. The molecule has 34 heavy (non-hydrogen) atoms. The molecule has 3 aromatic rings. The maximum absolute atomic E-state index is 15.0. The number of para-hydroxylation sites is 1. The Kier molecular flexibility index (Phi) is 6.88. The molecule has 0 aromatic heterocycles. The molecule has 0 bridgehead atoms. The van der Waals surface area contributed by atoms with E-state index in [0.717, 1.165) is 17.7 Å². The fourth-order valence-corrected chi connectivity index (χ4v) is 6.91. The molecule has 1 heterocycles. The molecule has 10 heteroatoms. The molecule has 1 N–H and O–H groups in total. The number of alkyl halides is 3. The number of hydrogen-bond donors (Lipinski definition) is 1. The Labute approximate surface area is 206 Å². The van der Waals surface area contributed by atoms with Gasteiger partial charge < -0.3 is 0 Å². The fraction of sp³-hybridized carbons (Fsp3) is 0.250. The lowest BCUT2D eigenvalue weighted by atomic mass is 9.78. The number of halogens is 5. The van der Waals surface area contributed by atoms with Gasteiger partial charge in [-0.15, -0.1) is 0 Å². The van der Waals surface area contributed by atoms with E-state index in [0.29, 0.717) is 0 Å². The molecule has 0 saturated carbocycles. The number of nitrogens with zero attached hydrogens (tertiary/aromatic N) is 1. The molecule has 2 atom stereocenters. The predicted octanol–water partition coefficient (Wildman–Crippen LogP) is 6.12. The topological polar surface area (TPSA) is 49.4 Å². The van der Waals surface area contributed by atoms with Crippen molar-refractivity contribution in [2.75, 3.05) is 17.8 Å². The average molecular weight is 529 g/mol. The Morgan fingerprint density at radius 2 is 1.50 bits per heavy atom. The number of rotatable bonds is 6. The van der Waals surface area contributed by atoms with Gasteiger partial charge in [0.25, 0.3) is 0 Å². The number of likely N-dealkylation sites (tertiary alicyclic amines) is 1. The molecule has 1 aliphatic heterocycles. The lowest BCUT2D eigenvalue weighted by molar-refractivity contribution is -0.186. The minimum atomic E-state index is -4.91. The van der Waals surface area contributed by atoms with Crippen LogP contribution in [0.2, 0.25) is 10.0 Å². The highest BCUT2D eigenvalue weighted by molar-refractivity contribution is 7.93. The van der Waals surface area contributed by atoms with Gasteiger partial charge in [0.05, 0.1) is 0 Å². The van der Waals surface area contributed by atoms with E-state index in [4.69, 9.17) is 23.2 Å². The van der Waals surface area contributed by atoms with E-state index in [9.17, 15) is 21.6 Å². The summed E-state index contributed by atoms with van der Waals surface area (Å²) in [5.74, 6) is 0. The maximum Gasteiger partial charge on any atom is 0.401 e. The maximum atomic E-state index is 15.0. The highest BCUT2D eigenvalue weighted by Gasteiger charge is 2.68. The summed E-state index contributed by atoms with van der Waals surface area (Å²) in [6.45, 7) is -0.743. The van der Waals surface area contributed by atoms with Gasteiger partial charge in [-0.2, -0.15) is 13.2 Å². The first-order chi connectivity index (χ1) is 16.0. The zero-order valence-electron chi connectivity index (χ0n) is 17.8. The number of benzene rings is 3. The van der Waals surface area contributed by atoms with E-state index in [1.54, 1.807) is 48.5 Å². The SMILES string of the molecule is O=S(=O)(Nc1ccccc1)C1CN(Cc2ccccc2)CC1(c1cc(Cl)cc(Cl)c1)C(F)(F)F. The summed E-state index contributed by atoms with van der Waals surface area (Å²) >= 11 is 12.1. The summed E-state index contributed by atoms with van der Waals surface area (Å²) in [4.78, 5) is 1.51. The van der Waals surface area contributed by atoms with Crippen molar-refractivity contribution >= 4 is 38.9 Å². The van der Waals surface area contributed by atoms with Gasteiger partial charge in [-0.1, -0.05) is 71.7 Å². The van der Waals surface area contributed by atoms with Crippen LogP contribution in [0.15, 0.2) is 78.9 Å². The van der Waals surface area contributed by atoms with Crippen LogP contribution in [0.5, 0.6) is 0 Å². The predicted molar refractivity (Wildman–Crippen MR) is 129 cm³/mol. The number of nitrogens with one attached hydrogen (secondary N) is 1. The highest BCUT2D eigenvalue weighted by Crippen LogP contribution is 2.51. The smallest absolute Gasteiger partial charge is 0.296 e. The van der Waals surface area contributed by atoms with Gasteiger partial charge in [0.1, 0.15) is 10.7 Å². The van der Waals surface area contributed by atoms with Crippen molar-refractivity contribution in [2.45, 2.75) is 23.4 Å². The molecule has 4 nitrogen and oxygen atoms in total. The van der Waals surface area contributed by atoms with Crippen molar-refractivity contribution in [3.8, 4) is 0 Å². The number of sulfonamides is 1. The third kappa shape index (κ3) is 4.91. The average Bonchev–Trinajstić information content (AvgIpc) is 3.16. The van der Waals surface area contributed by atoms with Gasteiger partial charge in [-0.3, -0.25) is 9.62 Å². The molecule has 0 radical (unpaired) electrons. The van der Waals surface area contributed by atoms with Gasteiger partial charge >= 0.3 is 6.18 Å². The third-order valence-electron chi connectivity index (χ3n) is 5.99. The Morgan fingerprint density at radius 3 is 2.06 bits per heavy atom. The van der Waals surface area contributed by atoms with Crippen LogP contribution in [0.1, 0.15) is 11.1 Å². The second-order valence-corrected chi connectivity index (χ2v) is 11.0. The molecule has 0 aliphatic carbocycles. The summed E-state index contributed by atoms with van der Waals surface area (Å²) in [5.41, 5.74) is -2.07. The second kappa shape index (κ2) is 9.41. The lowest BCUT2D eigenvalue weighted by Gasteiger charge is -2.37. The van der Waals surface area contributed by atoms with Gasteiger partial charge in [0, 0.05) is 35.4 Å². The summed E-state index contributed by atoms with van der Waals surface area (Å²) < 4.78 is 74.3. The molecule has 1 saturated heterocycles. The van der Waals surface area contributed by atoms with Gasteiger partial charge in [0.2, 0.25) is 10.0 Å². The first-order valence-electron chi connectivity index (χ1n) is 10.4. The van der Waals surface area contributed by atoms with Crippen molar-refractivity contribution in [3.05, 3.63) is 100 Å². The normalized spacial score (nSPS) is 21.5. The summed E-state index contributed by atoms with van der Waals surface area (Å²) in [6, 6.07) is 20.4. The zero-order valence-corrected chi connectivity index (χ0v) is 20.1. The summed E-state index contributed by atoms with van der Waals surface area (Å²) in [6.07, 6.45) is -4.91. The Morgan fingerprint density at radius 1 is 0.941 bits per heavy atom. The second-order valence-electron chi connectivity index (χ2n) is 8.28. The van der Waals surface area contributed by atoms with E-state index >= 15 is 0 Å². The van der Waals surface area contributed by atoms with Crippen molar-refractivity contribution in [3.63, 3.8) is 0 Å². The Balaban J connectivity index is 1.85. The van der Waals surface area contributed by atoms with E-state index in [2.05, 4.69) is 4.72 Å². The van der Waals surface area contributed by atoms with Crippen molar-refractivity contribution in [2.24, 2.45) is 0 Å². The van der Waals surface area contributed by atoms with Crippen LogP contribution in [0, 0.1) is 0 Å². The number of hydrogen-bond acceptors (Lipinski definition) is 3. The molecule has 2 unspecified atom stereocenters. The quantitative estimate of drug-likeness (QED) is 0.419. The molecular weight excluding hydrogens is 508 g/mol. The van der Waals surface area contributed by atoms with E-state index in [1.807, 2.05) is 0 Å². The van der Waals surface area contributed by atoms with Gasteiger partial charge in [-0.25, -0.2) is 8.42 Å². The fourth-order valence-electron chi connectivity index (χ4n) is 4.50. The zero-order chi connectivity index (χ0) is 24.6. The standard InChI is InChI=1S/C24H21Cl2F3N2O2S/c25-19-11-18(12-20(26)13-19)23(24(27,28)29)16-31(14-17-7-3-1-4-8-17)15-22(23)34(32,33)30-21-9-5-2-6-10-21/h1-13,22,30H,14-16H2. The van der Waals surface area contributed by atoms with Crippen LogP contribution in [-0.2, 0) is 22.0 Å². The first kappa shape index (κ1) is 24.9. The van der Waals surface area contributed by atoms with Crippen LogP contribution in [0.25, 0.3) is 0 Å². The van der Waals surface area contributed by atoms with Crippen LogP contribution in [0.4, 0.5) is 18.9 Å². The van der Waals surface area contributed by atoms with E-state index < -0.39 is 33.4 Å². The monoisotopic (exact) mass is 528 g/mol. The molecule has 3 aromatic carbocycles. The van der Waals surface area contributed by atoms with Crippen LogP contribution < -0.4 is 4.72 Å². The van der Waals surface area contributed by atoms with E-state index in [1.165, 1.54) is 23.1 Å². The Bertz CT molecular complexity index is 1240.